The van der Waals surface area contributed by atoms with Crippen molar-refractivity contribution in [2.45, 2.75) is 272 Å². The number of carbonyl (C=O) groups excluding carboxylic acids is 10. The van der Waals surface area contributed by atoms with Gasteiger partial charge in [-0.3, -0.25) is 19.1 Å². The molecule has 0 aromatic heterocycles. The molecule has 0 bridgehead atoms. The summed E-state index contributed by atoms with van der Waals surface area (Å²) < 4.78 is 34.9. The van der Waals surface area contributed by atoms with Crippen molar-refractivity contribution >= 4 is 76.7 Å². The molecule has 598 valence electrons. The Morgan fingerprint density at radius 2 is 1.05 bits per heavy atom. The van der Waals surface area contributed by atoms with Crippen molar-refractivity contribution in [2.24, 2.45) is 17.1 Å². The number of benzene rings is 2. The molecule has 33 nitrogen and oxygen atoms in total. The fourth-order valence-electron chi connectivity index (χ4n) is 13.9. The molecule has 34 heteroatoms. The lowest BCUT2D eigenvalue weighted by molar-refractivity contribution is -0.139. The van der Waals surface area contributed by atoms with E-state index in [1.807, 2.05) is 128 Å². The third kappa shape index (κ3) is 24.4. The maximum Gasteiger partial charge on any atom is 0.363 e. The number of hydrogen-bond donors (Lipinski definition) is 12. The summed E-state index contributed by atoms with van der Waals surface area (Å²) in [5.74, 6) is 0.711. The molecule has 2 aromatic rings. The third-order valence-electron chi connectivity index (χ3n) is 21.1. The number of hydrogen-bond acceptors (Lipinski definition) is 14. The largest absolute Gasteiger partial charge is 0.441 e. The van der Waals surface area contributed by atoms with E-state index >= 15 is 0 Å². The van der Waals surface area contributed by atoms with Gasteiger partial charge in [-0.05, 0) is 145 Å². The molecule has 12 rings (SSSR count). The first-order valence-corrected chi connectivity index (χ1v) is 38.0. The van der Waals surface area contributed by atoms with Crippen molar-refractivity contribution in [1.82, 2.24) is 86.9 Å². The number of urea groups is 9. The van der Waals surface area contributed by atoms with Crippen LogP contribution in [-0.2, 0) is 26.4 Å². The number of rotatable bonds is 8. The Hall–Kier alpha value is -8.79. The smallest absolute Gasteiger partial charge is 0.363 e. The van der Waals surface area contributed by atoms with Crippen LogP contribution in [0.1, 0.15) is 169 Å². The highest BCUT2D eigenvalue weighted by Crippen LogP contribution is 2.31. The van der Waals surface area contributed by atoms with Crippen molar-refractivity contribution in [2.75, 3.05) is 46.7 Å². The minimum atomic E-state index is -4.41. The molecule has 15 atom stereocenters. The molecular weight excluding hydrogens is 1390 g/mol. The summed E-state index contributed by atoms with van der Waals surface area (Å²) in [6.45, 7) is 37.6. The van der Waals surface area contributed by atoms with Crippen LogP contribution in [0.4, 0.5) is 48.8 Å². The van der Waals surface area contributed by atoms with Gasteiger partial charge in [-0.2, -0.15) is 12.7 Å². The number of ether oxygens (including phenoxy) is 1. The van der Waals surface area contributed by atoms with Crippen LogP contribution in [0.2, 0.25) is 0 Å². The zero-order valence-electron chi connectivity index (χ0n) is 66.6. The molecule has 13 N–H and O–H groups in total. The average Bonchev–Trinajstić information content (AvgIpc) is 1.68. The van der Waals surface area contributed by atoms with Crippen LogP contribution in [-0.4, -0.2) is 251 Å². The Morgan fingerprint density at radius 3 is 1.36 bits per heavy atom. The second-order valence-corrected chi connectivity index (χ2v) is 32.4. The maximum absolute atomic E-state index is 11.6. The van der Waals surface area contributed by atoms with Crippen LogP contribution in [0.15, 0.2) is 60.7 Å². The van der Waals surface area contributed by atoms with Gasteiger partial charge in [0.1, 0.15) is 6.17 Å². The minimum Gasteiger partial charge on any atom is -0.441 e. The highest BCUT2D eigenvalue weighted by molar-refractivity contribution is 7.84. The van der Waals surface area contributed by atoms with E-state index in [1.165, 1.54) is 54.4 Å². The summed E-state index contributed by atoms with van der Waals surface area (Å²) in [6.07, 6.45) is 7.01. The summed E-state index contributed by atoms with van der Waals surface area (Å²) in [5.41, 5.74) is 7.65. The first kappa shape index (κ1) is 89.6. The van der Waals surface area contributed by atoms with Crippen LogP contribution in [0.3, 0.4) is 0 Å². The Morgan fingerprint density at radius 1 is 0.557 bits per heavy atom. The first-order chi connectivity index (χ1) is 49.1. The van der Waals surface area contributed by atoms with Gasteiger partial charge in [-0.15, -0.1) is 0 Å². The van der Waals surface area contributed by atoms with Crippen molar-refractivity contribution in [1.29, 1.82) is 0 Å². The molecule has 0 radical (unpaired) electrons. The van der Waals surface area contributed by atoms with E-state index in [1.54, 1.807) is 47.5 Å². The minimum absolute atomic E-state index is 0.0128. The molecule has 18 amide bonds. The lowest BCUT2D eigenvalue weighted by Gasteiger charge is -2.33. The highest BCUT2D eigenvalue weighted by atomic mass is 32.2. The monoisotopic (exact) mass is 1510 g/mol. The van der Waals surface area contributed by atoms with E-state index in [0.717, 1.165) is 18.7 Å². The first-order valence-electron chi connectivity index (χ1n) is 36.6. The average molecular weight is 1510 g/mol. The number of nitrogens with two attached hydrogens (primary N) is 1. The fourth-order valence-corrected chi connectivity index (χ4v) is 14.7. The molecule has 15 unspecified atom stereocenters. The molecular formula is C72H125N19O14S. The van der Waals surface area contributed by atoms with Crippen LogP contribution in [0, 0.1) is 11.3 Å². The van der Waals surface area contributed by atoms with E-state index in [4.69, 9.17) is 10.3 Å². The van der Waals surface area contributed by atoms with Crippen molar-refractivity contribution < 1.29 is 65.7 Å². The second kappa shape index (κ2) is 38.7. The molecule has 9 heterocycles. The Labute approximate surface area is 628 Å². The molecule has 2 aromatic carbocycles. The van der Waals surface area contributed by atoms with Gasteiger partial charge in [0.05, 0.1) is 66.0 Å². The van der Waals surface area contributed by atoms with Crippen molar-refractivity contribution in [3.63, 3.8) is 0 Å². The van der Waals surface area contributed by atoms with Gasteiger partial charge in [0.15, 0.2) is 6.23 Å². The molecule has 1 saturated carbocycles. The van der Waals surface area contributed by atoms with Gasteiger partial charge < -0.3 is 88.1 Å². The normalized spacial score (nSPS) is 29.6. The molecule has 10 fully saturated rings. The molecule has 1 aliphatic carbocycles. The number of nitrogens with zero attached hydrogens (tertiary/aromatic N) is 8. The van der Waals surface area contributed by atoms with E-state index in [0.29, 0.717) is 53.4 Å². The molecule has 9 aliphatic heterocycles. The quantitative estimate of drug-likeness (QED) is 0.0925. The van der Waals surface area contributed by atoms with E-state index in [-0.39, 0.29) is 113 Å². The highest BCUT2D eigenvalue weighted by Gasteiger charge is 2.44. The van der Waals surface area contributed by atoms with Crippen molar-refractivity contribution in [3.8, 4) is 0 Å². The van der Waals surface area contributed by atoms with Gasteiger partial charge >= 0.3 is 64.6 Å². The van der Waals surface area contributed by atoms with Gasteiger partial charge in [0, 0.05) is 77.7 Å². The fraction of sp³-hybridized carbons (Fsp3) is 0.694. The number of carbonyl (C=O) groups is 10. The summed E-state index contributed by atoms with van der Waals surface area (Å²) in [7, 11) is 4.36. The number of para-hydroxylation sites is 1. The van der Waals surface area contributed by atoms with Crippen LogP contribution >= 0.6 is 0 Å². The lowest BCUT2D eigenvalue weighted by Crippen LogP contribution is -2.43. The maximum atomic E-state index is 11.6. The summed E-state index contributed by atoms with van der Waals surface area (Å²) in [5, 5.41) is 28.1. The third-order valence-corrected chi connectivity index (χ3v) is 22.1. The van der Waals surface area contributed by atoms with Crippen LogP contribution in [0.5, 0.6) is 0 Å². The predicted octanol–water partition coefficient (Wildman–Crippen LogP) is 7.12. The van der Waals surface area contributed by atoms with Gasteiger partial charge in [0.2, 0.25) is 0 Å². The summed E-state index contributed by atoms with van der Waals surface area (Å²) in [4.78, 5) is 122. The van der Waals surface area contributed by atoms with Gasteiger partial charge in [-0.1, -0.05) is 95.5 Å². The second-order valence-electron chi connectivity index (χ2n) is 31.1. The molecule has 0 spiro atoms. The lowest BCUT2D eigenvalue weighted by atomic mass is 9.82. The molecule has 106 heavy (non-hydrogen) atoms. The van der Waals surface area contributed by atoms with Gasteiger partial charge in [0.25, 0.3) is 6.47 Å². The molecule has 10 aliphatic rings. The summed E-state index contributed by atoms with van der Waals surface area (Å²) in [6, 6.07) is 20.6. The Bertz CT molecular complexity index is 3390. The van der Waals surface area contributed by atoms with E-state index in [9.17, 15) is 56.4 Å². The SMILES string of the molecule is CC1(C)CN(c2ccccc2)C(=O)N1.CC1NC(=O)N(C)C1(C)C.CC1NC(=O)N(C)C1C(C)(C)C.CC1NC(=O)N(C)C1N.CC1NC(=O)N(C)C1OC=O.CC1NC(=O)N(Cc2ccccc2)C1C.CC1NC(=O)N(S(=O)(=O)O)C1C.CC1NC(=O)NC1C1CCCCC1.CCC1C(C)NC(=O)N1C. The number of nitrogens with one attached hydrogen (secondary N) is 10. The number of anilines is 1. The topological polar surface area (TPSA) is 407 Å². The Kier molecular flexibility index (Phi) is 32.7. The number of likely N-dealkylation sites (N-methyl/N-ethyl adjacent to an activating group) is 5. The van der Waals surface area contributed by atoms with Gasteiger partial charge in [-0.25, -0.2) is 43.2 Å². The van der Waals surface area contributed by atoms with Crippen LogP contribution < -0.4 is 63.8 Å². The standard InChI is InChI=1S/C12H16N2O.C11H14N2O.C10H18N2O.C9H18N2O.2C7H14N2O.C6H10N2O3.C5H11N3O.C5H10N2O4S/c1-9-10(2)14(12(15)13-9)8-11-6-4-3-5-7-11;1-11(2)8-13(10(14)12-11)9-6-4-3-5-7-9;1-7-9(12-10(13)11-7)8-5-3-2-4-6-8;1-6-7(9(2,3)4)11(5)8(12)10-6;1-5-7(2,3)9(4)6(10)8-5;1-4-6-5(2)8-7(10)9(6)3;1-4-5(11-3-9)8(2)6(10)7-4;1-3-4(6)8(2)5(9)7-3;1-3-4(2)7(5(8)6-3)12(9,10)11/h3-7,9-10H,8H2,1-2H3,(H,13,15);3-7H,8H2,1-2H3,(H,12,14);7-9H,2-6H2,1H3,(H2,11,12,13);6-7H,1-5H3,(H,10,12);5H,1-4H3,(H,8,10);5-6H,4H2,1-3H3,(H,8,10);3-5H,1-2H3,(H,7,10);3-4H,6H2,1-2H3,(H,7,9);3-4H,1-2H3,(H,6,8)(H,9,10,11). The van der Waals surface area contributed by atoms with E-state index in [2.05, 4.69) is 120 Å². The number of amides is 18. The zero-order valence-corrected chi connectivity index (χ0v) is 67.4. The van der Waals surface area contributed by atoms with E-state index < -0.39 is 28.6 Å². The zero-order chi connectivity index (χ0) is 80.4. The predicted molar refractivity (Wildman–Crippen MR) is 407 cm³/mol. The van der Waals surface area contributed by atoms with Crippen molar-refractivity contribution in [3.05, 3.63) is 66.2 Å². The van der Waals surface area contributed by atoms with Crippen LogP contribution in [0.25, 0.3) is 0 Å². The summed E-state index contributed by atoms with van der Waals surface area (Å²) >= 11 is 0. The Balaban J connectivity index is 0.000000253. The molecule has 9 saturated heterocycles.